The van der Waals surface area contributed by atoms with Crippen LogP contribution in [-0.4, -0.2) is 9.91 Å². The highest BCUT2D eigenvalue weighted by Crippen LogP contribution is 2.29. The number of halogens is 1. The summed E-state index contributed by atoms with van der Waals surface area (Å²) >= 11 is 0. The molecule has 0 fully saturated rings. The predicted molar refractivity (Wildman–Crippen MR) is 56.4 cm³/mol. The third-order valence-corrected chi connectivity index (χ3v) is 2.15. The topological polar surface area (TPSA) is 95.2 Å². The summed E-state index contributed by atoms with van der Waals surface area (Å²) in [6.45, 7) is 0.145. The second-order valence-electron chi connectivity index (χ2n) is 3.27. The molecule has 2 N–H and O–H groups in total. The Labute approximate surface area is 95.0 Å². The van der Waals surface area contributed by atoms with E-state index in [1.807, 2.05) is 0 Å². The lowest BCUT2D eigenvalue weighted by atomic mass is 10.2. The zero-order valence-electron chi connectivity index (χ0n) is 8.59. The summed E-state index contributed by atoms with van der Waals surface area (Å²) in [5.74, 6) is -0.616. The monoisotopic (exact) mass is 237 g/mol. The molecular weight excluding hydrogens is 229 g/mol. The minimum absolute atomic E-state index is 0.00491. The maximum absolute atomic E-state index is 13.1. The molecule has 1 aromatic carbocycles. The molecule has 0 aliphatic carbocycles. The molecule has 0 saturated carbocycles. The van der Waals surface area contributed by atoms with Gasteiger partial charge in [-0.15, -0.1) is 0 Å². The van der Waals surface area contributed by atoms with Crippen molar-refractivity contribution in [3.05, 3.63) is 46.1 Å². The first-order valence-electron chi connectivity index (χ1n) is 4.70. The van der Waals surface area contributed by atoms with Crippen molar-refractivity contribution in [2.24, 2.45) is 5.73 Å². The van der Waals surface area contributed by atoms with E-state index in [0.717, 1.165) is 18.2 Å². The molecule has 0 aliphatic rings. The average molecular weight is 237 g/mol. The van der Waals surface area contributed by atoms with Crippen molar-refractivity contribution in [1.82, 2.24) is 4.98 Å². The van der Waals surface area contributed by atoms with Gasteiger partial charge < -0.3 is 10.2 Å². The van der Waals surface area contributed by atoms with E-state index in [9.17, 15) is 14.5 Å². The fourth-order valence-electron chi connectivity index (χ4n) is 1.36. The number of nitro groups is 1. The molecule has 0 atom stereocenters. The first-order chi connectivity index (χ1) is 8.11. The molecule has 0 spiro atoms. The molecule has 0 saturated heterocycles. The Morgan fingerprint density at radius 2 is 2.29 bits per heavy atom. The SMILES string of the molecule is NCc1coc(-c2cc(F)ccc2[N+](=O)[O-])n1. The molecule has 0 bridgehead atoms. The molecule has 1 heterocycles. The van der Waals surface area contributed by atoms with Crippen molar-refractivity contribution in [1.29, 1.82) is 0 Å². The van der Waals surface area contributed by atoms with Crippen LogP contribution in [0, 0.1) is 15.9 Å². The van der Waals surface area contributed by atoms with E-state index in [1.165, 1.54) is 6.26 Å². The third-order valence-electron chi connectivity index (χ3n) is 2.15. The van der Waals surface area contributed by atoms with Gasteiger partial charge in [0.1, 0.15) is 17.6 Å². The molecule has 88 valence electrons. The van der Waals surface area contributed by atoms with Crippen LogP contribution in [0.15, 0.2) is 28.9 Å². The zero-order chi connectivity index (χ0) is 12.4. The minimum atomic E-state index is -0.624. The van der Waals surface area contributed by atoms with Gasteiger partial charge in [-0.3, -0.25) is 10.1 Å². The van der Waals surface area contributed by atoms with Crippen molar-refractivity contribution in [2.75, 3.05) is 0 Å². The van der Waals surface area contributed by atoms with Crippen molar-refractivity contribution in [3.8, 4) is 11.5 Å². The van der Waals surface area contributed by atoms with Crippen LogP contribution in [0.5, 0.6) is 0 Å². The Morgan fingerprint density at radius 1 is 1.53 bits per heavy atom. The maximum Gasteiger partial charge on any atom is 0.282 e. The van der Waals surface area contributed by atoms with E-state index >= 15 is 0 Å². The van der Waals surface area contributed by atoms with Crippen LogP contribution in [0.2, 0.25) is 0 Å². The van der Waals surface area contributed by atoms with Crippen molar-refractivity contribution in [3.63, 3.8) is 0 Å². The van der Waals surface area contributed by atoms with E-state index in [-0.39, 0.29) is 23.7 Å². The van der Waals surface area contributed by atoms with Crippen molar-refractivity contribution < 1.29 is 13.7 Å². The number of aromatic nitrogens is 1. The number of hydrogen-bond donors (Lipinski definition) is 1. The summed E-state index contributed by atoms with van der Waals surface area (Å²) in [6, 6.07) is 3.08. The van der Waals surface area contributed by atoms with Crippen LogP contribution in [0.3, 0.4) is 0 Å². The maximum atomic E-state index is 13.1. The molecular formula is C10H8FN3O3. The largest absolute Gasteiger partial charge is 0.444 e. The zero-order valence-corrected chi connectivity index (χ0v) is 8.59. The van der Waals surface area contributed by atoms with Gasteiger partial charge in [0, 0.05) is 12.6 Å². The lowest BCUT2D eigenvalue weighted by molar-refractivity contribution is -0.384. The van der Waals surface area contributed by atoms with E-state index in [2.05, 4.69) is 4.98 Å². The molecule has 6 nitrogen and oxygen atoms in total. The Kier molecular flexibility index (Phi) is 2.84. The molecule has 0 radical (unpaired) electrons. The Morgan fingerprint density at radius 3 is 2.88 bits per heavy atom. The Balaban J connectivity index is 2.56. The van der Waals surface area contributed by atoms with Gasteiger partial charge in [0.2, 0.25) is 5.89 Å². The predicted octanol–water partition coefficient (Wildman–Crippen LogP) is 1.85. The number of nitrogens with zero attached hydrogens (tertiary/aromatic N) is 2. The summed E-state index contributed by atoms with van der Waals surface area (Å²) in [6.07, 6.45) is 1.28. The molecule has 0 unspecified atom stereocenters. The smallest absolute Gasteiger partial charge is 0.282 e. The van der Waals surface area contributed by atoms with Gasteiger partial charge in [-0.25, -0.2) is 9.37 Å². The van der Waals surface area contributed by atoms with E-state index in [0.29, 0.717) is 5.69 Å². The number of oxazole rings is 1. The van der Waals surface area contributed by atoms with E-state index in [4.69, 9.17) is 10.2 Å². The fraction of sp³-hybridized carbons (Fsp3) is 0.100. The summed E-state index contributed by atoms with van der Waals surface area (Å²) in [5.41, 5.74) is 5.51. The van der Waals surface area contributed by atoms with Crippen LogP contribution in [-0.2, 0) is 6.54 Å². The van der Waals surface area contributed by atoms with Gasteiger partial charge in [0.25, 0.3) is 5.69 Å². The van der Waals surface area contributed by atoms with Gasteiger partial charge in [-0.2, -0.15) is 0 Å². The van der Waals surface area contributed by atoms with Crippen LogP contribution in [0.25, 0.3) is 11.5 Å². The summed E-state index contributed by atoms with van der Waals surface area (Å²) in [4.78, 5) is 14.1. The lowest BCUT2D eigenvalue weighted by Crippen LogP contribution is -1.97. The molecule has 7 heteroatoms. The van der Waals surface area contributed by atoms with Crippen LogP contribution < -0.4 is 5.73 Å². The highest BCUT2D eigenvalue weighted by molar-refractivity contribution is 5.66. The number of hydrogen-bond acceptors (Lipinski definition) is 5. The van der Waals surface area contributed by atoms with Gasteiger partial charge in [-0.05, 0) is 12.1 Å². The lowest BCUT2D eigenvalue weighted by Gasteiger charge is -1.98. The first kappa shape index (κ1) is 11.2. The fourth-order valence-corrected chi connectivity index (χ4v) is 1.36. The minimum Gasteiger partial charge on any atom is -0.444 e. The highest BCUT2D eigenvalue weighted by atomic mass is 19.1. The molecule has 0 amide bonds. The van der Waals surface area contributed by atoms with Crippen LogP contribution in [0.4, 0.5) is 10.1 Å². The summed E-state index contributed by atoms with van der Waals surface area (Å²) < 4.78 is 18.1. The quantitative estimate of drug-likeness (QED) is 0.649. The Bertz CT molecular complexity index is 568. The third kappa shape index (κ3) is 2.13. The van der Waals surface area contributed by atoms with Crippen molar-refractivity contribution >= 4 is 5.69 Å². The van der Waals surface area contributed by atoms with Gasteiger partial charge in [-0.1, -0.05) is 0 Å². The van der Waals surface area contributed by atoms with Crippen LogP contribution >= 0.6 is 0 Å². The second-order valence-corrected chi connectivity index (χ2v) is 3.27. The van der Waals surface area contributed by atoms with Crippen molar-refractivity contribution in [2.45, 2.75) is 6.54 Å². The number of benzene rings is 1. The van der Waals surface area contributed by atoms with Gasteiger partial charge in [0.15, 0.2) is 0 Å². The molecule has 1 aromatic heterocycles. The normalized spacial score (nSPS) is 10.5. The van der Waals surface area contributed by atoms with Gasteiger partial charge >= 0.3 is 0 Å². The molecule has 0 aliphatic heterocycles. The number of nitrogens with two attached hydrogens (primary N) is 1. The number of rotatable bonds is 3. The average Bonchev–Trinajstić information content (AvgIpc) is 2.76. The molecule has 2 aromatic rings. The standard InChI is InChI=1S/C10H8FN3O3/c11-6-1-2-9(14(15)16)8(3-6)10-13-7(4-12)5-17-10/h1-3,5H,4,12H2. The summed E-state index contributed by atoms with van der Waals surface area (Å²) in [5, 5.41) is 10.8. The van der Waals surface area contributed by atoms with Crippen LogP contribution in [0.1, 0.15) is 5.69 Å². The second kappa shape index (κ2) is 4.30. The summed E-state index contributed by atoms with van der Waals surface area (Å²) in [7, 11) is 0. The molecule has 17 heavy (non-hydrogen) atoms. The number of nitro benzene ring substituents is 1. The first-order valence-corrected chi connectivity index (χ1v) is 4.70. The Hall–Kier alpha value is -2.28. The highest BCUT2D eigenvalue weighted by Gasteiger charge is 2.20. The van der Waals surface area contributed by atoms with Gasteiger partial charge in [0.05, 0.1) is 10.6 Å². The van der Waals surface area contributed by atoms with E-state index in [1.54, 1.807) is 0 Å². The molecule has 2 rings (SSSR count). The van der Waals surface area contributed by atoms with E-state index < -0.39 is 10.7 Å².